The van der Waals surface area contributed by atoms with Crippen molar-refractivity contribution in [3.8, 4) is 11.1 Å². The highest BCUT2D eigenvalue weighted by molar-refractivity contribution is 8.00. The third-order valence-corrected chi connectivity index (χ3v) is 10.4. The maximum absolute atomic E-state index is 12.5. The highest BCUT2D eigenvalue weighted by atomic mass is 32.2. The molecule has 5 aromatic carbocycles. The van der Waals surface area contributed by atoms with Crippen LogP contribution in [-0.4, -0.2) is 43.4 Å². The van der Waals surface area contributed by atoms with Crippen molar-refractivity contribution in [3.05, 3.63) is 167 Å². The minimum atomic E-state index is -0.659. The molecule has 0 aromatic heterocycles. The van der Waals surface area contributed by atoms with Crippen LogP contribution < -0.4 is 5.32 Å². The fraction of sp³-hybridized carbons (Fsp3) is 0.214. The van der Waals surface area contributed by atoms with Gasteiger partial charge in [0.05, 0.1) is 24.3 Å². The predicted molar refractivity (Wildman–Crippen MR) is 195 cm³/mol. The summed E-state index contributed by atoms with van der Waals surface area (Å²) in [7, 11) is 0. The smallest absolute Gasteiger partial charge is 0.407 e. The zero-order chi connectivity index (χ0) is 33.9. The standard InChI is InChI=1S/C42H39NO5S/c44-34(29-43-41(46)48-30-39-37-23-12-10-21-35(37)36-22-11-13-24-38(36)39)25-26-40(45)47-27-14-28-49-42(31-15-4-1-5-16-31,32-17-6-2-7-18-32)33-19-8-3-9-20-33/h1-13,15-24,39H,14,25-30H2,(H,43,46). The van der Waals surface area contributed by atoms with E-state index in [0.717, 1.165) is 28.0 Å². The molecule has 6 rings (SSSR count). The van der Waals surface area contributed by atoms with Crippen LogP contribution in [0.15, 0.2) is 140 Å². The Morgan fingerprint density at radius 2 is 1.10 bits per heavy atom. The van der Waals surface area contributed by atoms with E-state index in [4.69, 9.17) is 9.47 Å². The normalized spacial score (nSPS) is 12.1. The molecule has 7 heteroatoms. The van der Waals surface area contributed by atoms with Crippen molar-refractivity contribution in [1.82, 2.24) is 5.32 Å². The fourth-order valence-corrected chi connectivity index (χ4v) is 7.94. The van der Waals surface area contributed by atoms with Crippen LogP contribution in [0, 0.1) is 0 Å². The van der Waals surface area contributed by atoms with Gasteiger partial charge >= 0.3 is 12.1 Å². The van der Waals surface area contributed by atoms with Gasteiger partial charge < -0.3 is 14.8 Å². The second-order valence-electron chi connectivity index (χ2n) is 11.9. The van der Waals surface area contributed by atoms with E-state index in [9.17, 15) is 14.4 Å². The van der Waals surface area contributed by atoms with Crippen molar-refractivity contribution >= 4 is 29.6 Å². The second kappa shape index (κ2) is 16.3. The third-order valence-electron chi connectivity index (χ3n) is 8.79. The number of hydrogen-bond acceptors (Lipinski definition) is 6. The van der Waals surface area contributed by atoms with Gasteiger partial charge in [0.25, 0.3) is 0 Å². The number of ether oxygens (including phenoxy) is 2. The molecule has 248 valence electrons. The van der Waals surface area contributed by atoms with Crippen molar-refractivity contribution in [2.75, 3.05) is 25.5 Å². The second-order valence-corrected chi connectivity index (χ2v) is 13.2. The summed E-state index contributed by atoms with van der Waals surface area (Å²) in [5.74, 6) is -0.0117. The van der Waals surface area contributed by atoms with E-state index in [1.165, 1.54) is 16.7 Å². The van der Waals surface area contributed by atoms with Gasteiger partial charge in [0, 0.05) is 12.3 Å². The van der Waals surface area contributed by atoms with Crippen LogP contribution in [0.3, 0.4) is 0 Å². The molecule has 1 aliphatic rings. The first kappa shape index (κ1) is 33.7. The molecule has 0 aliphatic heterocycles. The Bertz CT molecular complexity index is 1720. The monoisotopic (exact) mass is 669 g/mol. The Kier molecular flexibility index (Phi) is 11.2. The van der Waals surface area contributed by atoms with Crippen molar-refractivity contribution < 1.29 is 23.9 Å². The van der Waals surface area contributed by atoms with E-state index < -0.39 is 16.8 Å². The molecule has 0 heterocycles. The molecule has 0 bridgehead atoms. The molecule has 0 fully saturated rings. The van der Waals surface area contributed by atoms with Gasteiger partial charge in [-0.05, 0) is 51.1 Å². The molecule has 0 unspecified atom stereocenters. The molecular formula is C42H39NO5S. The maximum Gasteiger partial charge on any atom is 0.407 e. The van der Waals surface area contributed by atoms with Crippen LogP contribution in [0.5, 0.6) is 0 Å². The summed E-state index contributed by atoms with van der Waals surface area (Å²) < 4.78 is 10.6. The highest BCUT2D eigenvalue weighted by Crippen LogP contribution is 2.48. The van der Waals surface area contributed by atoms with E-state index in [1.807, 2.05) is 54.2 Å². The minimum Gasteiger partial charge on any atom is -0.466 e. The Hall–Kier alpha value is -5.14. The lowest BCUT2D eigenvalue weighted by Crippen LogP contribution is -2.31. The number of amides is 1. The number of Topliss-reactive ketones (excluding diaryl/α,β-unsaturated/α-hetero) is 1. The van der Waals surface area contributed by atoms with Gasteiger partial charge in [-0.2, -0.15) is 0 Å². The van der Waals surface area contributed by atoms with Crippen LogP contribution in [0.25, 0.3) is 11.1 Å². The number of carbonyl (C=O) groups is 3. The van der Waals surface area contributed by atoms with Gasteiger partial charge in [-0.15, -0.1) is 11.8 Å². The minimum absolute atomic E-state index is 0.0175. The fourth-order valence-electron chi connectivity index (χ4n) is 6.46. The lowest BCUT2D eigenvalue weighted by Gasteiger charge is -2.35. The molecule has 49 heavy (non-hydrogen) atoms. The van der Waals surface area contributed by atoms with Crippen molar-refractivity contribution in [3.63, 3.8) is 0 Å². The van der Waals surface area contributed by atoms with Gasteiger partial charge in [0.15, 0.2) is 5.78 Å². The maximum atomic E-state index is 12.5. The Balaban J connectivity index is 0.936. The lowest BCUT2D eigenvalue weighted by molar-refractivity contribution is -0.144. The van der Waals surface area contributed by atoms with Crippen molar-refractivity contribution in [2.24, 2.45) is 0 Å². The van der Waals surface area contributed by atoms with Crippen LogP contribution in [0.1, 0.15) is 53.0 Å². The molecule has 5 aromatic rings. The number of hydrogen-bond donors (Lipinski definition) is 1. The molecule has 1 aliphatic carbocycles. The number of alkyl carbamates (subject to hydrolysis) is 1. The van der Waals surface area contributed by atoms with Gasteiger partial charge in [0.2, 0.25) is 0 Å². The van der Waals surface area contributed by atoms with Crippen LogP contribution in [0.2, 0.25) is 0 Å². The van der Waals surface area contributed by atoms with Crippen LogP contribution in [-0.2, 0) is 23.8 Å². The molecule has 0 atom stereocenters. The first-order chi connectivity index (χ1) is 24.1. The SMILES string of the molecule is O=C(CCC(=O)OCCCSC(c1ccccc1)(c1ccccc1)c1ccccc1)CNC(=O)OCC1c2ccccc2-c2ccccc21. The van der Waals surface area contributed by atoms with Crippen molar-refractivity contribution in [1.29, 1.82) is 0 Å². The molecule has 0 spiro atoms. The average Bonchev–Trinajstić information content (AvgIpc) is 3.48. The Labute approximate surface area is 291 Å². The van der Waals surface area contributed by atoms with E-state index in [1.54, 1.807) is 0 Å². The zero-order valence-corrected chi connectivity index (χ0v) is 28.1. The Morgan fingerprint density at radius 1 is 0.612 bits per heavy atom. The number of esters is 1. The first-order valence-corrected chi connectivity index (χ1v) is 17.6. The first-order valence-electron chi connectivity index (χ1n) is 16.6. The van der Waals surface area contributed by atoms with Crippen LogP contribution >= 0.6 is 11.8 Å². The number of benzene rings is 5. The zero-order valence-electron chi connectivity index (χ0n) is 27.3. The molecule has 6 nitrogen and oxygen atoms in total. The largest absolute Gasteiger partial charge is 0.466 e. The van der Waals surface area contributed by atoms with E-state index in [-0.39, 0.29) is 44.3 Å². The van der Waals surface area contributed by atoms with Gasteiger partial charge in [-0.3, -0.25) is 9.59 Å². The average molecular weight is 670 g/mol. The van der Waals surface area contributed by atoms with Crippen LogP contribution in [0.4, 0.5) is 4.79 Å². The quantitative estimate of drug-likeness (QED) is 0.0684. The van der Waals surface area contributed by atoms with Gasteiger partial charge in [0.1, 0.15) is 6.61 Å². The lowest BCUT2D eigenvalue weighted by atomic mass is 9.84. The molecule has 0 saturated heterocycles. The summed E-state index contributed by atoms with van der Waals surface area (Å²) in [5.41, 5.74) is 8.07. The summed E-state index contributed by atoms with van der Waals surface area (Å²) in [6.07, 6.45) is -0.0635. The molecule has 0 saturated carbocycles. The van der Waals surface area contributed by atoms with E-state index >= 15 is 0 Å². The number of nitrogens with one attached hydrogen (secondary N) is 1. The third kappa shape index (κ3) is 7.95. The molecule has 1 N–H and O–H groups in total. The molecule has 0 radical (unpaired) electrons. The number of fused-ring (bicyclic) bond motifs is 3. The summed E-state index contributed by atoms with van der Waals surface area (Å²) in [6.45, 7) is 0.218. The summed E-state index contributed by atoms with van der Waals surface area (Å²) >= 11 is 1.82. The predicted octanol–water partition coefficient (Wildman–Crippen LogP) is 8.53. The highest BCUT2D eigenvalue weighted by Gasteiger charge is 2.36. The summed E-state index contributed by atoms with van der Waals surface area (Å²) in [4.78, 5) is 37.3. The Morgan fingerprint density at radius 3 is 1.63 bits per heavy atom. The van der Waals surface area contributed by atoms with Gasteiger partial charge in [-0.25, -0.2) is 4.79 Å². The molecular weight excluding hydrogens is 631 g/mol. The topological polar surface area (TPSA) is 81.7 Å². The number of rotatable bonds is 15. The number of thioether (sulfide) groups is 1. The summed E-state index contributed by atoms with van der Waals surface area (Å²) in [6, 6.07) is 47.6. The number of carbonyl (C=O) groups excluding carboxylic acids is 3. The van der Waals surface area contributed by atoms with Crippen molar-refractivity contribution in [2.45, 2.75) is 29.9 Å². The van der Waals surface area contributed by atoms with E-state index in [2.05, 4.69) is 102 Å². The summed E-state index contributed by atoms with van der Waals surface area (Å²) in [5, 5.41) is 2.53. The number of ketones is 1. The van der Waals surface area contributed by atoms with E-state index in [0.29, 0.717) is 6.42 Å². The molecule has 1 amide bonds. The van der Waals surface area contributed by atoms with Gasteiger partial charge in [-0.1, -0.05) is 140 Å².